The number of aryl methyl sites for hydroxylation is 1. The minimum Gasteiger partial charge on any atom is -0.475 e. The summed E-state index contributed by atoms with van der Waals surface area (Å²) in [5, 5.41) is 28.2. The first-order valence-corrected chi connectivity index (χ1v) is 15.9. The SMILES string of the molecule is COCC(O)C(O)COCCOc1cc(C)c(-c2cc3c(NC4CCC(N)CC4)c(C(N)=Nc4cc(F)ccc4Cl)cnn3c2)cn1. The Bertz CT molecular complexity index is 1700. The number of amidine groups is 1. The molecule has 0 aliphatic heterocycles. The van der Waals surface area contributed by atoms with Crippen LogP contribution in [0.3, 0.4) is 0 Å². The normalized spacial score (nSPS) is 18.3. The molecule has 14 heteroatoms. The Morgan fingerprint density at radius 1 is 1.13 bits per heavy atom. The summed E-state index contributed by atoms with van der Waals surface area (Å²) >= 11 is 6.28. The molecule has 0 saturated heterocycles. The third kappa shape index (κ3) is 8.74. The summed E-state index contributed by atoms with van der Waals surface area (Å²) in [6, 6.07) is 8.16. The predicted octanol–water partition coefficient (Wildman–Crippen LogP) is 3.98. The van der Waals surface area contributed by atoms with E-state index in [2.05, 4.69) is 20.4 Å². The van der Waals surface area contributed by atoms with Crippen LogP contribution >= 0.6 is 11.6 Å². The van der Waals surface area contributed by atoms with Crippen molar-refractivity contribution in [1.82, 2.24) is 14.6 Å². The second kappa shape index (κ2) is 15.8. The summed E-state index contributed by atoms with van der Waals surface area (Å²) in [6.45, 7) is 2.36. The number of aliphatic hydroxyl groups is 2. The van der Waals surface area contributed by atoms with Gasteiger partial charge in [0.15, 0.2) is 0 Å². The second-order valence-electron chi connectivity index (χ2n) is 11.7. The van der Waals surface area contributed by atoms with Gasteiger partial charge in [-0.3, -0.25) is 0 Å². The maximum absolute atomic E-state index is 14.0. The number of benzene rings is 1. The van der Waals surface area contributed by atoms with Crippen LogP contribution in [0.5, 0.6) is 5.88 Å². The highest BCUT2D eigenvalue weighted by molar-refractivity contribution is 6.33. The molecule has 2 unspecified atom stereocenters. The predicted molar refractivity (Wildman–Crippen MR) is 179 cm³/mol. The van der Waals surface area contributed by atoms with E-state index in [0.717, 1.165) is 53.6 Å². The Morgan fingerprint density at radius 3 is 2.64 bits per heavy atom. The van der Waals surface area contributed by atoms with E-state index < -0.39 is 18.0 Å². The van der Waals surface area contributed by atoms with Gasteiger partial charge >= 0.3 is 0 Å². The molecule has 12 nitrogen and oxygen atoms in total. The van der Waals surface area contributed by atoms with E-state index in [1.807, 2.05) is 25.3 Å². The Hall–Kier alpha value is -3.85. The first-order valence-electron chi connectivity index (χ1n) is 15.5. The van der Waals surface area contributed by atoms with Crippen LogP contribution in [0.1, 0.15) is 36.8 Å². The van der Waals surface area contributed by atoms with Crippen molar-refractivity contribution in [1.29, 1.82) is 0 Å². The van der Waals surface area contributed by atoms with Crippen LogP contribution in [0.4, 0.5) is 15.8 Å². The number of hydrogen-bond acceptors (Lipinski definition) is 10. The van der Waals surface area contributed by atoms with Crippen LogP contribution in [0, 0.1) is 12.7 Å². The molecule has 0 bridgehead atoms. The summed E-state index contributed by atoms with van der Waals surface area (Å²) in [7, 11) is 1.45. The lowest BCUT2D eigenvalue weighted by Gasteiger charge is -2.28. The Balaban J connectivity index is 1.37. The number of nitrogens with one attached hydrogen (secondary N) is 1. The Kier molecular flexibility index (Phi) is 11.6. The molecular formula is C33H41ClFN7O5. The standard InChI is InChI=1S/C33H41ClFN7O5/c1-19-11-31(47-10-9-46-18-30(44)29(43)17-45-2)38-14-24(19)20-12-28-32(40-23-6-4-22(36)5-7-23)25(15-39-42(28)16-20)33(37)41-27-13-21(35)3-8-26(27)34/h3,8,11-16,22-23,29-30,40,43-44H,4-7,9-10,17-18,36H2,1-2H3,(H2,37,41). The number of aromatic nitrogens is 3. The molecular weight excluding hydrogens is 629 g/mol. The number of nitrogens with zero attached hydrogens (tertiary/aromatic N) is 4. The van der Waals surface area contributed by atoms with Crippen molar-refractivity contribution >= 4 is 34.3 Å². The fourth-order valence-electron chi connectivity index (χ4n) is 5.49. The van der Waals surface area contributed by atoms with Crippen molar-refractivity contribution in [2.75, 3.05) is 38.9 Å². The highest BCUT2D eigenvalue weighted by Gasteiger charge is 2.23. The lowest BCUT2D eigenvalue weighted by atomic mass is 9.91. The number of rotatable bonds is 14. The van der Waals surface area contributed by atoms with Gasteiger partial charge in [-0.25, -0.2) is 18.9 Å². The fourth-order valence-corrected chi connectivity index (χ4v) is 5.65. The minimum atomic E-state index is -1.05. The maximum Gasteiger partial charge on any atom is 0.213 e. The highest BCUT2D eigenvalue weighted by atomic mass is 35.5. The molecule has 3 aromatic heterocycles. The zero-order valence-electron chi connectivity index (χ0n) is 26.4. The molecule has 1 saturated carbocycles. The summed E-state index contributed by atoms with van der Waals surface area (Å²) in [4.78, 5) is 8.94. The zero-order valence-corrected chi connectivity index (χ0v) is 27.2. The van der Waals surface area contributed by atoms with Gasteiger partial charge in [-0.1, -0.05) is 11.6 Å². The van der Waals surface area contributed by atoms with E-state index in [1.54, 1.807) is 16.9 Å². The van der Waals surface area contributed by atoms with Gasteiger partial charge < -0.3 is 41.2 Å². The van der Waals surface area contributed by atoms with Crippen molar-refractivity contribution in [3.63, 3.8) is 0 Å². The first-order chi connectivity index (χ1) is 22.6. The van der Waals surface area contributed by atoms with E-state index in [4.69, 9.17) is 37.3 Å². The Morgan fingerprint density at radius 2 is 1.89 bits per heavy atom. The molecule has 1 aliphatic rings. The number of aliphatic hydroxyl groups excluding tert-OH is 2. The number of fused-ring (bicyclic) bond motifs is 1. The van der Waals surface area contributed by atoms with Crippen LogP contribution in [0.25, 0.3) is 16.6 Å². The number of anilines is 1. The highest BCUT2D eigenvalue weighted by Crippen LogP contribution is 2.33. The van der Waals surface area contributed by atoms with Gasteiger partial charge in [-0.05, 0) is 56.4 Å². The third-order valence-electron chi connectivity index (χ3n) is 8.13. The van der Waals surface area contributed by atoms with E-state index in [1.165, 1.54) is 25.3 Å². The molecule has 7 N–H and O–H groups in total. The van der Waals surface area contributed by atoms with Crippen LogP contribution in [-0.4, -0.2) is 88.5 Å². The fraction of sp³-hybridized carbons (Fsp3) is 0.424. The second-order valence-corrected chi connectivity index (χ2v) is 12.1. The summed E-state index contributed by atoms with van der Waals surface area (Å²) < 4.78 is 31.7. The van der Waals surface area contributed by atoms with E-state index in [9.17, 15) is 14.6 Å². The molecule has 2 atom stereocenters. The molecule has 1 aliphatic carbocycles. The molecule has 5 rings (SSSR count). The van der Waals surface area contributed by atoms with Crippen LogP contribution < -0.4 is 21.5 Å². The molecule has 0 spiro atoms. The molecule has 1 fully saturated rings. The van der Waals surface area contributed by atoms with E-state index in [-0.39, 0.29) is 55.1 Å². The van der Waals surface area contributed by atoms with Crippen LogP contribution in [0.2, 0.25) is 5.02 Å². The summed E-state index contributed by atoms with van der Waals surface area (Å²) in [5.41, 5.74) is 17.7. The van der Waals surface area contributed by atoms with E-state index >= 15 is 0 Å². The number of nitrogens with two attached hydrogens (primary N) is 2. The van der Waals surface area contributed by atoms with E-state index in [0.29, 0.717) is 11.4 Å². The summed E-state index contributed by atoms with van der Waals surface area (Å²) in [6.07, 6.45) is 6.85. The molecule has 3 heterocycles. The van der Waals surface area contributed by atoms with Crippen molar-refractivity contribution in [3.05, 3.63) is 70.9 Å². The van der Waals surface area contributed by atoms with Gasteiger partial charge in [-0.15, -0.1) is 0 Å². The zero-order chi connectivity index (χ0) is 33.5. The van der Waals surface area contributed by atoms with Crippen molar-refractivity contribution in [2.45, 2.75) is 56.9 Å². The number of aliphatic imine (C=N–C) groups is 1. The number of hydrogen-bond donors (Lipinski definition) is 5. The number of methoxy groups -OCH3 is 1. The number of pyridine rings is 1. The topological polar surface area (TPSA) is 175 Å². The van der Waals surface area contributed by atoms with Gasteiger partial charge in [0.05, 0.1) is 53.5 Å². The molecule has 47 heavy (non-hydrogen) atoms. The third-order valence-corrected chi connectivity index (χ3v) is 8.45. The van der Waals surface area contributed by atoms with Gasteiger partial charge in [0, 0.05) is 54.8 Å². The van der Waals surface area contributed by atoms with Gasteiger partial charge in [0.2, 0.25) is 5.88 Å². The van der Waals surface area contributed by atoms with Crippen molar-refractivity contribution in [3.8, 4) is 17.0 Å². The lowest BCUT2D eigenvalue weighted by molar-refractivity contribution is -0.0661. The number of halogens is 2. The monoisotopic (exact) mass is 669 g/mol. The minimum absolute atomic E-state index is 0.0208. The van der Waals surface area contributed by atoms with Crippen LogP contribution in [0.15, 0.2) is 53.9 Å². The van der Waals surface area contributed by atoms with Gasteiger partial charge in [0.25, 0.3) is 0 Å². The molecule has 0 radical (unpaired) electrons. The Labute approximate surface area is 277 Å². The molecule has 4 aromatic rings. The van der Waals surface area contributed by atoms with Gasteiger partial charge in [0.1, 0.15) is 30.5 Å². The average molecular weight is 670 g/mol. The maximum atomic E-state index is 14.0. The first kappa shape index (κ1) is 34.5. The average Bonchev–Trinajstić information content (AvgIpc) is 3.48. The number of ether oxygens (including phenoxy) is 3. The summed E-state index contributed by atoms with van der Waals surface area (Å²) in [5.74, 6) is 0.108. The van der Waals surface area contributed by atoms with Gasteiger partial charge in [-0.2, -0.15) is 5.10 Å². The quantitative estimate of drug-likeness (QED) is 0.0750. The van der Waals surface area contributed by atoms with Crippen molar-refractivity contribution < 1.29 is 28.8 Å². The molecule has 0 amide bonds. The molecule has 1 aromatic carbocycles. The lowest BCUT2D eigenvalue weighted by Crippen LogP contribution is -2.34. The van der Waals surface area contributed by atoms with Crippen LogP contribution in [-0.2, 0) is 9.47 Å². The van der Waals surface area contributed by atoms with Crippen molar-refractivity contribution in [2.24, 2.45) is 16.5 Å². The smallest absolute Gasteiger partial charge is 0.213 e. The largest absolute Gasteiger partial charge is 0.475 e. The molecule has 252 valence electrons.